The summed E-state index contributed by atoms with van der Waals surface area (Å²) in [7, 11) is 0. The molecule has 0 saturated heterocycles. The molecule has 1 aromatic rings. The van der Waals surface area contributed by atoms with Crippen molar-refractivity contribution in [2.24, 2.45) is 0 Å². The van der Waals surface area contributed by atoms with Crippen molar-refractivity contribution >= 4 is 46.8 Å². The van der Waals surface area contributed by atoms with Crippen LogP contribution in [0.1, 0.15) is 11.1 Å². The molecule has 22 heavy (non-hydrogen) atoms. The lowest BCUT2D eigenvalue weighted by atomic mass is 10.1. The van der Waals surface area contributed by atoms with Crippen LogP contribution in [0.25, 0.3) is 0 Å². The molecule has 0 saturated carbocycles. The molecule has 0 unspecified atom stereocenters. The Kier molecular flexibility index (Phi) is 7.27. The van der Waals surface area contributed by atoms with E-state index in [0.29, 0.717) is 11.4 Å². The van der Waals surface area contributed by atoms with Gasteiger partial charge in [-0.1, -0.05) is 0 Å². The van der Waals surface area contributed by atoms with Crippen molar-refractivity contribution in [3.8, 4) is 0 Å². The number of benzene rings is 1. The SMILES string of the molecule is Cc1cc(N(CCCl)C(=O)O)cc(NC(=O)OCCCl)c1C. The highest BCUT2D eigenvalue weighted by Crippen LogP contribution is 2.27. The van der Waals surface area contributed by atoms with E-state index in [1.807, 2.05) is 13.8 Å². The van der Waals surface area contributed by atoms with E-state index in [4.69, 9.17) is 27.9 Å². The van der Waals surface area contributed by atoms with Crippen LogP contribution < -0.4 is 10.2 Å². The van der Waals surface area contributed by atoms with E-state index < -0.39 is 12.2 Å². The average molecular weight is 349 g/mol. The number of ether oxygens (including phenoxy) is 1. The molecule has 0 spiro atoms. The van der Waals surface area contributed by atoms with Gasteiger partial charge in [-0.3, -0.25) is 10.2 Å². The number of nitrogens with one attached hydrogen (secondary N) is 1. The smallest absolute Gasteiger partial charge is 0.411 e. The first-order valence-electron chi connectivity index (χ1n) is 6.58. The van der Waals surface area contributed by atoms with Gasteiger partial charge in [0, 0.05) is 23.8 Å². The van der Waals surface area contributed by atoms with Crippen molar-refractivity contribution < 1.29 is 19.4 Å². The van der Waals surface area contributed by atoms with Gasteiger partial charge in [-0.15, -0.1) is 23.2 Å². The van der Waals surface area contributed by atoms with Crippen molar-refractivity contribution in [2.75, 3.05) is 35.1 Å². The molecule has 0 aliphatic heterocycles. The first-order valence-corrected chi connectivity index (χ1v) is 7.65. The van der Waals surface area contributed by atoms with Crippen molar-refractivity contribution in [1.29, 1.82) is 0 Å². The summed E-state index contributed by atoms with van der Waals surface area (Å²) in [5, 5.41) is 11.8. The Bertz CT molecular complexity index is 552. The van der Waals surface area contributed by atoms with E-state index in [2.05, 4.69) is 5.32 Å². The monoisotopic (exact) mass is 348 g/mol. The maximum atomic E-state index is 11.6. The summed E-state index contributed by atoms with van der Waals surface area (Å²) in [6.45, 7) is 3.89. The van der Waals surface area contributed by atoms with Gasteiger partial charge in [0.25, 0.3) is 0 Å². The van der Waals surface area contributed by atoms with Gasteiger partial charge < -0.3 is 9.84 Å². The molecule has 0 aromatic heterocycles. The van der Waals surface area contributed by atoms with Crippen molar-refractivity contribution in [3.05, 3.63) is 23.3 Å². The minimum Gasteiger partial charge on any atom is -0.465 e. The number of carbonyl (C=O) groups is 2. The molecular formula is C14H18Cl2N2O4. The fourth-order valence-corrected chi connectivity index (χ4v) is 2.07. The lowest BCUT2D eigenvalue weighted by Crippen LogP contribution is -2.31. The van der Waals surface area contributed by atoms with Crippen LogP contribution >= 0.6 is 23.2 Å². The Balaban J connectivity index is 3.07. The van der Waals surface area contributed by atoms with E-state index in [-0.39, 0.29) is 24.9 Å². The minimum absolute atomic E-state index is 0.0958. The summed E-state index contributed by atoms with van der Waals surface area (Å²) < 4.78 is 4.85. The predicted molar refractivity (Wildman–Crippen MR) is 87.7 cm³/mol. The molecule has 0 bridgehead atoms. The van der Waals surface area contributed by atoms with E-state index in [9.17, 15) is 14.7 Å². The van der Waals surface area contributed by atoms with Crippen LogP contribution in [0, 0.1) is 13.8 Å². The lowest BCUT2D eigenvalue weighted by Gasteiger charge is -2.21. The first kappa shape index (κ1) is 18.4. The molecule has 122 valence electrons. The Morgan fingerprint density at radius 1 is 1.27 bits per heavy atom. The van der Waals surface area contributed by atoms with Gasteiger partial charge in [0.15, 0.2) is 0 Å². The summed E-state index contributed by atoms with van der Waals surface area (Å²) in [5.41, 5.74) is 2.58. The quantitative estimate of drug-likeness (QED) is 0.766. The van der Waals surface area contributed by atoms with Crippen LogP contribution in [0.5, 0.6) is 0 Å². The van der Waals surface area contributed by atoms with Gasteiger partial charge in [0.05, 0.1) is 5.88 Å². The minimum atomic E-state index is -1.11. The van der Waals surface area contributed by atoms with Gasteiger partial charge in [-0.05, 0) is 37.1 Å². The van der Waals surface area contributed by atoms with Crippen LogP contribution in [0.4, 0.5) is 21.0 Å². The molecule has 0 aliphatic rings. The topological polar surface area (TPSA) is 78.9 Å². The van der Waals surface area contributed by atoms with E-state index >= 15 is 0 Å². The normalized spacial score (nSPS) is 10.2. The molecule has 0 aliphatic carbocycles. The second-order valence-corrected chi connectivity index (χ2v) is 5.26. The first-order chi connectivity index (χ1) is 10.4. The van der Waals surface area contributed by atoms with Gasteiger partial charge in [-0.25, -0.2) is 9.59 Å². The second-order valence-electron chi connectivity index (χ2n) is 4.51. The average Bonchev–Trinajstić information content (AvgIpc) is 2.46. The number of nitrogens with zero attached hydrogens (tertiary/aromatic N) is 1. The predicted octanol–water partition coefficient (Wildman–Crippen LogP) is 3.81. The third-order valence-corrected chi connectivity index (χ3v) is 3.37. The summed E-state index contributed by atoms with van der Waals surface area (Å²) in [6.07, 6.45) is -1.75. The number of hydrogen-bond acceptors (Lipinski definition) is 3. The lowest BCUT2D eigenvalue weighted by molar-refractivity contribution is 0.168. The largest absolute Gasteiger partial charge is 0.465 e. The molecule has 6 nitrogen and oxygen atoms in total. The molecule has 2 amide bonds. The van der Waals surface area contributed by atoms with Crippen molar-refractivity contribution in [1.82, 2.24) is 0 Å². The van der Waals surface area contributed by atoms with Crippen molar-refractivity contribution in [3.63, 3.8) is 0 Å². The highest BCUT2D eigenvalue weighted by molar-refractivity contribution is 6.18. The molecule has 0 fully saturated rings. The van der Waals surface area contributed by atoms with Crippen LogP contribution in [0.2, 0.25) is 0 Å². The van der Waals surface area contributed by atoms with Gasteiger partial charge in [0.1, 0.15) is 6.61 Å². The molecule has 0 radical (unpaired) electrons. The Labute approximate surface area is 138 Å². The molecule has 8 heteroatoms. The molecule has 0 heterocycles. The summed E-state index contributed by atoms with van der Waals surface area (Å²) >= 11 is 11.1. The second kappa shape index (κ2) is 8.70. The Morgan fingerprint density at radius 2 is 1.95 bits per heavy atom. The number of anilines is 2. The van der Waals surface area contributed by atoms with Gasteiger partial charge in [-0.2, -0.15) is 0 Å². The van der Waals surface area contributed by atoms with E-state index in [0.717, 1.165) is 16.0 Å². The standard InChI is InChI=1S/C14H18Cl2N2O4/c1-9-7-11(18(5-3-15)14(20)21)8-12(10(9)2)17-13(19)22-6-4-16/h7-8H,3-6H2,1-2H3,(H,17,19)(H,20,21). The number of carboxylic acid groups (broad SMARTS) is 1. The number of alkyl halides is 2. The van der Waals surface area contributed by atoms with Crippen LogP contribution in [0.3, 0.4) is 0 Å². The Hall–Kier alpha value is -1.66. The third-order valence-electron chi connectivity index (χ3n) is 3.05. The molecule has 1 aromatic carbocycles. The number of hydrogen-bond donors (Lipinski definition) is 2. The number of rotatable bonds is 6. The fourth-order valence-electron chi connectivity index (χ4n) is 1.82. The number of amides is 2. The maximum Gasteiger partial charge on any atom is 0.411 e. The van der Waals surface area contributed by atoms with Gasteiger partial charge in [0.2, 0.25) is 0 Å². The maximum absolute atomic E-state index is 11.6. The summed E-state index contributed by atoms with van der Waals surface area (Å²) in [6, 6.07) is 3.30. The number of carbonyl (C=O) groups excluding carboxylic acids is 1. The van der Waals surface area contributed by atoms with E-state index in [1.165, 1.54) is 0 Å². The Morgan fingerprint density at radius 3 is 2.50 bits per heavy atom. The fraction of sp³-hybridized carbons (Fsp3) is 0.429. The third kappa shape index (κ3) is 4.96. The zero-order chi connectivity index (χ0) is 16.7. The van der Waals surface area contributed by atoms with E-state index in [1.54, 1.807) is 12.1 Å². The zero-order valence-corrected chi connectivity index (χ0v) is 13.9. The van der Waals surface area contributed by atoms with Gasteiger partial charge >= 0.3 is 12.2 Å². The highest BCUT2D eigenvalue weighted by atomic mass is 35.5. The highest BCUT2D eigenvalue weighted by Gasteiger charge is 2.17. The number of aryl methyl sites for hydroxylation is 1. The zero-order valence-electron chi connectivity index (χ0n) is 12.4. The summed E-state index contributed by atoms with van der Waals surface area (Å²) in [4.78, 5) is 24.1. The van der Waals surface area contributed by atoms with Crippen LogP contribution in [-0.2, 0) is 4.74 Å². The summed E-state index contributed by atoms with van der Waals surface area (Å²) in [5.74, 6) is 0.369. The molecule has 0 atom stereocenters. The van der Waals surface area contributed by atoms with Crippen LogP contribution in [0.15, 0.2) is 12.1 Å². The van der Waals surface area contributed by atoms with Crippen LogP contribution in [-0.4, -0.2) is 42.2 Å². The molecule has 1 rings (SSSR count). The van der Waals surface area contributed by atoms with Crippen molar-refractivity contribution in [2.45, 2.75) is 13.8 Å². The molecular weight excluding hydrogens is 331 g/mol. The number of halogens is 2. The molecule has 2 N–H and O–H groups in total.